The fourth-order valence-corrected chi connectivity index (χ4v) is 0.994. The molecule has 1 rings (SSSR count). The molecule has 0 saturated heterocycles. The van der Waals surface area contributed by atoms with Gasteiger partial charge in [0.15, 0.2) is 0 Å². The Morgan fingerprint density at radius 3 is 2.91 bits per heavy atom. The normalized spacial score (nSPS) is 9.64. The van der Waals surface area contributed by atoms with Crippen LogP contribution in [0.1, 0.15) is 11.4 Å². The fourth-order valence-electron chi connectivity index (χ4n) is 0.757. The van der Waals surface area contributed by atoms with Gasteiger partial charge in [-0.1, -0.05) is 18.2 Å². The largest absolute Gasteiger partial charge is 0.397 e. The first kappa shape index (κ1) is 8.08. The zero-order valence-electron chi connectivity index (χ0n) is 6.26. The smallest absolute Gasteiger partial charge is 0.0814 e. The van der Waals surface area contributed by atoms with E-state index in [1.807, 2.05) is 6.92 Å². The molecule has 3 heteroatoms. The number of anilines is 1. The molecule has 0 saturated carbocycles. The third kappa shape index (κ3) is 1.52. The van der Waals surface area contributed by atoms with E-state index in [-0.39, 0.29) is 0 Å². The van der Waals surface area contributed by atoms with Gasteiger partial charge in [-0.05, 0) is 19.1 Å². The van der Waals surface area contributed by atoms with E-state index in [2.05, 4.69) is 11.6 Å². The predicted molar refractivity (Wildman–Crippen MR) is 48.5 cm³/mol. The highest BCUT2D eigenvalue weighted by molar-refractivity contribution is 6.32. The molecule has 0 aliphatic carbocycles. The second kappa shape index (κ2) is 2.93. The lowest BCUT2D eigenvalue weighted by molar-refractivity contribution is 1.19. The van der Waals surface area contributed by atoms with Crippen LogP contribution in [0.5, 0.6) is 0 Å². The maximum Gasteiger partial charge on any atom is 0.0814 e. The quantitative estimate of drug-likeness (QED) is 0.699. The summed E-state index contributed by atoms with van der Waals surface area (Å²) in [6.45, 7) is 5.41. The number of aryl methyl sites for hydroxylation is 1. The molecule has 0 aliphatic heterocycles. The first-order valence-electron chi connectivity index (χ1n) is 3.20. The van der Waals surface area contributed by atoms with E-state index < -0.39 is 0 Å². The Balaban J connectivity index is 3.31. The van der Waals surface area contributed by atoms with Crippen LogP contribution in [0.2, 0.25) is 5.02 Å². The molecule has 11 heavy (non-hydrogen) atoms. The minimum Gasteiger partial charge on any atom is -0.397 e. The Morgan fingerprint density at radius 1 is 1.73 bits per heavy atom. The summed E-state index contributed by atoms with van der Waals surface area (Å²) in [6, 6.07) is 1.68. The van der Waals surface area contributed by atoms with Gasteiger partial charge in [0.05, 0.1) is 22.1 Å². The van der Waals surface area contributed by atoms with Gasteiger partial charge in [-0.15, -0.1) is 0 Å². The second-order valence-corrected chi connectivity index (χ2v) is 2.64. The summed E-state index contributed by atoms with van der Waals surface area (Å²) in [6.07, 6.45) is 1.61. The SMILES string of the molecule is C=Cc1nc(C)c(N)cc1Cl. The van der Waals surface area contributed by atoms with Crippen LogP contribution < -0.4 is 5.73 Å². The topological polar surface area (TPSA) is 38.9 Å². The number of nitrogens with two attached hydrogens (primary N) is 1. The number of nitrogen functional groups attached to an aromatic ring is 1. The zero-order valence-corrected chi connectivity index (χ0v) is 7.02. The summed E-state index contributed by atoms with van der Waals surface area (Å²) in [7, 11) is 0. The van der Waals surface area contributed by atoms with Gasteiger partial charge >= 0.3 is 0 Å². The van der Waals surface area contributed by atoms with Gasteiger partial charge in [0.2, 0.25) is 0 Å². The molecule has 0 amide bonds. The molecule has 0 aromatic carbocycles. The van der Waals surface area contributed by atoms with Crippen molar-refractivity contribution in [1.82, 2.24) is 4.98 Å². The van der Waals surface area contributed by atoms with Crippen LogP contribution in [0.3, 0.4) is 0 Å². The van der Waals surface area contributed by atoms with Gasteiger partial charge in [0.1, 0.15) is 0 Å². The average molecular weight is 169 g/mol. The number of nitrogens with zero attached hydrogens (tertiary/aromatic N) is 1. The van der Waals surface area contributed by atoms with Crippen LogP contribution in [0.15, 0.2) is 12.6 Å². The summed E-state index contributed by atoms with van der Waals surface area (Å²) >= 11 is 5.79. The molecule has 2 N–H and O–H groups in total. The van der Waals surface area contributed by atoms with Crippen LogP contribution >= 0.6 is 11.6 Å². The molecular weight excluding hydrogens is 160 g/mol. The first-order chi connectivity index (χ1) is 5.15. The predicted octanol–water partition coefficient (Wildman–Crippen LogP) is 2.27. The number of rotatable bonds is 1. The Morgan fingerprint density at radius 2 is 2.36 bits per heavy atom. The summed E-state index contributed by atoms with van der Waals surface area (Å²) in [5.41, 5.74) is 7.64. The summed E-state index contributed by atoms with van der Waals surface area (Å²) in [4.78, 5) is 4.12. The van der Waals surface area contributed by atoms with Gasteiger partial charge in [-0.25, -0.2) is 0 Å². The van der Waals surface area contributed by atoms with Crippen molar-refractivity contribution >= 4 is 23.4 Å². The number of halogens is 1. The maximum absolute atomic E-state index is 5.79. The number of pyridine rings is 1. The van der Waals surface area contributed by atoms with E-state index in [1.165, 1.54) is 0 Å². The Hall–Kier alpha value is -1.02. The standard InChI is InChI=1S/C8H9ClN2/c1-3-8-6(9)4-7(10)5(2)11-8/h3-4H,1,10H2,2H3. The average Bonchev–Trinajstić information content (AvgIpc) is 1.97. The molecule has 0 bridgehead atoms. The van der Waals surface area contributed by atoms with Crippen molar-refractivity contribution in [2.75, 3.05) is 5.73 Å². The molecule has 1 aromatic heterocycles. The third-order valence-electron chi connectivity index (χ3n) is 1.43. The summed E-state index contributed by atoms with van der Waals surface area (Å²) in [5.74, 6) is 0. The van der Waals surface area contributed by atoms with Crippen LogP contribution in [0, 0.1) is 6.92 Å². The number of aromatic nitrogens is 1. The highest BCUT2D eigenvalue weighted by Gasteiger charge is 2.01. The van der Waals surface area contributed by atoms with Gasteiger partial charge < -0.3 is 5.73 Å². The molecule has 0 atom stereocenters. The number of hydrogen-bond donors (Lipinski definition) is 1. The van der Waals surface area contributed by atoms with Crippen LogP contribution in [0.4, 0.5) is 5.69 Å². The fraction of sp³-hybridized carbons (Fsp3) is 0.125. The van der Waals surface area contributed by atoms with Gasteiger partial charge in [0, 0.05) is 0 Å². The lowest BCUT2D eigenvalue weighted by Crippen LogP contribution is -1.94. The van der Waals surface area contributed by atoms with Gasteiger partial charge in [0.25, 0.3) is 0 Å². The molecule has 0 fully saturated rings. The van der Waals surface area contributed by atoms with E-state index in [4.69, 9.17) is 17.3 Å². The van der Waals surface area contributed by atoms with Crippen LogP contribution in [-0.2, 0) is 0 Å². The molecule has 1 heterocycles. The zero-order chi connectivity index (χ0) is 8.43. The summed E-state index contributed by atoms with van der Waals surface area (Å²) < 4.78 is 0. The molecular formula is C8H9ClN2. The maximum atomic E-state index is 5.79. The Labute approximate surface area is 70.7 Å². The van der Waals surface area contributed by atoms with Crippen LogP contribution in [-0.4, -0.2) is 4.98 Å². The Kier molecular flexibility index (Phi) is 2.15. The third-order valence-corrected chi connectivity index (χ3v) is 1.73. The molecule has 0 unspecified atom stereocenters. The number of hydrogen-bond acceptors (Lipinski definition) is 2. The van der Waals surface area contributed by atoms with E-state index in [0.29, 0.717) is 16.4 Å². The lowest BCUT2D eigenvalue weighted by Gasteiger charge is -2.02. The van der Waals surface area contributed by atoms with Crippen molar-refractivity contribution in [2.45, 2.75) is 6.92 Å². The van der Waals surface area contributed by atoms with E-state index in [9.17, 15) is 0 Å². The van der Waals surface area contributed by atoms with Crippen molar-refractivity contribution in [3.05, 3.63) is 29.1 Å². The monoisotopic (exact) mass is 168 g/mol. The van der Waals surface area contributed by atoms with Crippen molar-refractivity contribution < 1.29 is 0 Å². The van der Waals surface area contributed by atoms with Gasteiger partial charge in [-0.2, -0.15) is 0 Å². The van der Waals surface area contributed by atoms with Gasteiger partial charge in [-0.3, -0.25) is 4.98 Å². The minimum atomic E-state index is 0.545. The molecule has 0 aliphatic rings. The molecule has 58 valence electrons. The second-order valence-electron chi connectivity index (χ2n) is 2.23. The molecule has 0 radical (unpaired) electrons. The van der Waals surface area contributed by atoms with E-state index in [0.717, 1.165) is 5.69 Å². The Bertz CT molecular complexity index is 294. The van der Waals surface area contributed by atoms with Crippen molar-refractivity contribution in [1.29, 1.82) is 0 Å². The lowest BCUT2D eigenvalue weighted by atomic mass is 10.2. The molecule has 0 spiro atoms. The molecule has 1 aromatic rings. The van der Waals surface area contributed by atoms with E-state index in [1.54, 1.807) is 12.1 Å². The van der Waals surface area contributed by atoms with Crippen molar-refractivity contribution in [3.8, 4) is 0 Å². The highest BCUT2D eigenvalue weighted by atomic mass is 35.5. The first-order valence-corrected chi connectivity index (χ1v) is 3.58. The van der Waals surface area contributed by atoms with Crippen LogP contribution in [0.25, 0.3) is 6.08 Å². The molecule has 2 nitrogen and oxygen atoms in total. The van der Waals surface area contributed by atoms with E-state index >= 15 is 0 Å². The van der Waals surface area contributed by atoms with Crippen molar-refractivity contribution in [2.24, 2.45) is 0 Å². The summed E-state index contributed by atoms with van der Waals surface area (Å²) in [5, 5.41) is 0.545. The highest BCUT2D eigenvalue weighted by Crippen LogP contribution is 2.19. The van der Waals surface area contributed by atoms with Crippen molar-refractivity contribution in [3.63, 3.8) is 0 Å². The minimum absolute atomic E-state index is 0.545.